The van der Waals surface area contributed by atoms with Gasteiger partial charge in [0.25, 0.3) is 0 Å². The van der Waals surface area contributed by atoms with Crippen LogP contribution in [0.2, 0.25) is 0 Å². The SMILES string of the molecule is CCCN(CC)CCNc1cc(C(N)=S)ccn1. The molecule has 0 radical (unpaired) electrons. The quantitative estimate of drug-likeness (QED) is 0.703. The Labute approximate surface area is 115 Å². The van der Waals surface area contributed by atoms with Crippen molar-refractivity contribution in [3.63, 3.8) is 0 Å². The summed E-state index contributed by atoms with van der Waals surface area (Å²) < 4.78 is 0. The number of anilines is 1. The molecule has 100 valence electrons. The van der Waals surface area contributed by atoms with Gasteiger partial charge >= 0.3 is 0 Å². The van der Waals surface area contributed by atoms with Gasteiger partial charge in [0.2, 0.25) is 0 Å². The third kappa shape index (κ3) is 4.98. The van der Waals surface area contributed by atoms with Crippen LogP contribution in [0.1, 0.15) is 25.8 Å². The minimum absolute atomic E-state index is 0.404. The van der Waals surface area contributed by atoms with Gasteiger partial charge in [-0.05, 0) is 31.6 Å². The summed E-state index contributed by atoms with van der Waals surface area (Å²) in [6, 6.07) is 3.71. The van der Waals surface area contributed by atoms with Gasteiger partial charge in [-0.3, -0.25) is 0 Å². The summed E-state index contributed by atoms with van der Waals surface area (Å²) in [6.07, 6.45) is 2.91. The van der Waals surface area contributed by atoms with Crippen molar-refractivity contribution in [1.29, 1.82) is 0 Å². The smallest absolute Gasteiger partial charge is 0.126 e. The zero-order valence-electron chi connectivity index (χ0n) is 11.1. The average molecular weight is 266 g/mol. The number of hydrogen-bond donors (Lipinski definition) is 2. The van der Waals surface area contributed by atoms with Crippen LogP contribution >= 0.6 is 12.2 Å². The van der Waals surface area contributed by atoms with E-state index in [1.54, 1.807) is 6.20 Å². The van der Waals surface area contributed by atoms with Gasteiger partial charge in [0, 0.05) is 24.8 Å². The number of nitrogens with zero attached hydrogens (tertiary/aromatic N) is 2. The lowest BCUT2D eigenvalue weighted by Gasteiger charge is -2.19. The lowest BCUT2D eigenvalue weighted by atomic mass is 10.2. The van der Waals surface area contributed by atoms with Crippen LogP contribution in [0.25, 0.3) is 0 Å². The van der Waals surface area contributed by atoms with Crippen molar-refractivity contribution < 1.29 is 0 Å². The van der Waals surface area contributed by atoms with Gasteiger partial charge in [-0.25, -0.2) is 4.98 Å². The van der Waals surface area contributed by atoms with Crippen LogP contribution in [-0.4, -0.2) is 41.1 Å². The van der Waals surface area contributed by atoms with Crippen molar-refractivity contribution in [2.75, 3.05) is 31.5 Å². The maximum atomic E-state index is 5.59. The summed E-state index contributed by atoms with van der Waals surface area (Å²) >= 11 is 4.94. The first kappa shape index (κ1) is 14.9. The molecule has 4 nitrogen and oxygen atoms in total. The standard InChI is InChI=1S/C13H22N4S/c1-3-8-17(4-2)9-7-16-12-10-11(13(14)18)5-6-15-12/h5-6,10H,3-4,7-9H2,1-2H3,(H2,14,18)(H,15,16). The van der Waals surface area contributed by atoms with Crippen molar-refractivity contribution in [1.82, 2.24) is 9.88 Å². The molecule has 0 amide bonds. The minimum atomic E-state index is 0.404. The van der Waals surface area contributed by atoms with Gasteiger partial charge in [-0.1, -0.05) is 26.1 Å². The first-order valence-corrected chi connectivity index (χ1v) is 6.80. The predicted octanol–water partition coefficient (Wildman–Crippen LogP) is 1.86. The fraction of sp³-hybridized carbons (Fsp3) is 0.538. The molecule has 0 spiro atoms. The first-order valence-electron chi connectivity index (χ1n) is 6.39. The van der Waals surface area contributed by atoms with Gasteiger partial charge in [0.1, 0.15) is 10.8 Å². The molecule has 0 aromatic carbocycles. The van der Waals surface area contributed by atoms with Gasteiger partial charge < -0.3 is 16.0 Å². The molecular formula is C13H22N4S. The third-order valence-electron chi connectivity index (χ3n) is 2.77. The van der Waals surface area contributed by atoms with E-state index in [0.717, 1.165) is 37.6 Å². The molecule has 0 bridgehead atoms. The van der Waals surface area contributed by atoms with Crippen LogP contribution in [0.3, 0.4) is 0 Å². The Hall–Kier alpha value is -1.20. The van der Waals surface area contributed by atoms with E-state index < -0.39 is 0 Å². The molecule has 18 heavy (non-hydrogen) atoms. The van der Waals surface area contributed by atoms with E-state index in [2.05, 4.69) is 29.0 Å². The van der Waals surface area contributed by atoms with Crippen LogP contribution in [0.15, 0.2) is 18.3 Å². The number of rotatable bonds is 8. The maximum absolute atomic E-state index is 5.59. The largest absolute Gasteiger partial charge is 0.389 e. The Morgan fingerprint density at radius 2 is 2.22 bits per heavy atom. The number of hydrogen-bond acceptors (Lipinski definition) is 4. The van der Waals surface area contributed by atoms with Crippen LogP contribution in [0.5, 0.6) is 0 Å². The Bertz CT molecular complexity index is 381. The van der Waals surface area contributed by atoms with E-state index in [0.29, 0.717) is 4.99 Å². The maximum Gasteiger partial charge on any atom is 0.126 e. The molecule has 0 fully saturated rings. The molecule has 0 saturated heterocycles. The summed E-state index contributed by atoms with van der Waals surface area (Å²) in [5.41, 5.74) is 6.44. The lowest BCUT2D eigenvalue weighted by molar-refractivity contribution is 0.300. The molecule has 0 atom stereocenters. The van der Waals surface area contributed by atoms with Gasteiger partial charge in [-0.2, -0.15) is 0 Å². The second-order valence-corrected chi connectivity index (χ2v) is 4.59. The summed E-state index contributed by atoms with van der Waals surface area (Å²) in [6.45, 7) is 8.49. The van der Waals surface area contributed by atoms with Crippen molar-refractivity contribution in [2.45, 2.75) is 20.3 Å². The fourth-order valence-electron chi connectivity index (χ4n) is 1.77. The zero-order valence-corrected chi connectivity index (χ0v) is 12.0. The molecule has 3 N–H and O–H groups in total. The highest BCUT2D eigenvalue weighted by molar-refractivity contribution is 7.80. The lowest BCUT2D eigenvalue weighted by Crippen LogP contribution is -2.29. The molecule has 1 rings (SSSR count). The highest BCUT2D eigenvalue weighted by Crippen LogP contribution is 2.06. The molecule has 0 aliphatic rings. The average Bonchev–Trinajstić information content (AvgIpc) is 2.38. The first-order chi connectivity index (χ1) is 8.67. The zero-order chi connectivity index (χ0) is 13.4. The van der Waals surface area contributed by atoms with Gasteiger partial charge in [-0.15, -0.1) is 0 Å². The number of thiocarbonyl (C=S) groups is 1. The highest BCUT2D eigenvalue weighted by Gasteiger charge is 2.02. The number of pyridine rings is 1. The van der Waals surface area contributed by atoms with E-state index >= 15 is 0 Å². The Morgan fingerprint density at radius 3 is 2.83 bits per heavy atom. The molecule has 0 unspecified atom stereocenters. The predicted molar refractivity (Wildman–Crippen MR) is 81.0 cm³/mol. The Morgan fingerprint density at radius 1 is 1.44 bits per heavy atom. The molecule has 0 saturated carbocycles. The second-order valence-electron chi connectivity index (χ2n) is 4.16. The molecule has 1 heterocycles. The van der Waals surface area contributed by atoms with E-state index in [-0.39, 0.29) is 0 Å². The normalized spacial score (nSPS) is 10.6. The number of aromatic nitrogens is 1. The summed E-state index contributed by atoms with van der Waals surface area (Å²) in [5, 5.41) is 3.30. The van der Waals surface area contributed by atoms with Crippen molar-refractivity contribution in [2.24, 2.45) is 5.73 Å². The van der Waals surface area contributed by atoms with Crippen molar-refractivity contribution >= 4 is 23.0 Å². The molecule has 0 aliphatic heterocycles. The van der Waals surface area contributed by atoms with E-state index in [1.165, 1.54) is 6.42 Å². The number of nitrogens with two attached hydrogens (primary N) is 1. The molecule has 1 aromatic heterocycles. The summed E-state index contributed by atoms with van der Waals surface area (Å²) in [4.78, 5) is 7.06. The van der Waals surface area contributed by atoms with E-state index in [9.17, 15) is 0 Å². The second kappa shape index (κ2) is 8.00. The van der Waals surface area contributed by atoms with E-state index in [1.807, 2.05) is 12.1 Å². The van der Waals surface area contributed by atoms with Gasteiger partial charge in [0.15, 0.2) is 0 Å². The van der Waals surface area contributed by atoms with Crippen LogP contribution in [-0.2, 0) is 0 Å². The minimum Gasteiger partial charge on any atom is -0.389 e. The molecular weight excluding hydrogens is 244 g/mol. The van der Waals surface area contributed by atoms with Crippen molar-refractivity contribution in [3.05, 3.63) is 23.9 Å². The molecule has 1 aromatic rings. The van der Waals surface area contributed by atoms with Crippen LogP contribution < -0.4 is 11.1 Å². The van der Waals surface area contributed by atoms with Gasteiger partial charge in [0.05, 0.1) is 0 Å². The summed E-state index contributed by atoms with van der Waals surface area (Å²) in [5.74, 6) is 0.827. The number of nitrogens with one attached hydrogen (secondary N) is 1. The molecule has 5 heteroatoms. The highest BCUT2D eigenvalue weighted by atomic mass is 32.1. The van der Waals surface area contributed by atoms with Crippen molar-refractivity contribution in [3.8, 4) is 0 Å². The monoisotopic (exact) mass is 266 g/mol. The number of likely N-dealkylation sites (N-methyl/N-ethyl adjacent to an activating group) is 1. The Balaban J connectivity index is 2.43. The molecule has 0 aliphatic carbocycles. The third-order valence-corrected chi connectivity index (χ3v) is 3.00. The van der Waals surface area contributed by atoms with Crippen LogP contribution in [0, 0.1) is 0 Å². The fourth-order valence-corrected chi connectivity index (χ4v) is 1.89. The van der Waals surface area contributed by atoms with E-state index in [4.69, 9.17) is 18.0 Å². The summed E-state index contributed by atoms with van der Waals surface area (Å²) in [7, 11) is 0. The van der Waals surface area contributed by atoms with Crippen LogP contribution in [0.4, 0.5) is 5.82 Å². The Kier molecular flexibility index (Phi) is 6.60. The topological polar surface area (TPSA) is 54.2 Å².